The summed E-state index contributed by atoms with van der Waals surface area (Å²) < 4.78 is 18.1. The first-order valence-electron chi connectivity index (χ1n) is 6.29. The normalized spacial score (nSPS) is 22.4. The highest BCUT2D eigenvalue weighted by molar-refractivity contribution is 6.31. The van der Waals surface area contributed by atoms with Gasteiger partial charge in [-0.2, -0.15) is 4.98 Å². The van der Waals surface area contributed by atoms with Gasteiger partial charge in [0.15, 0.2) is 5.82 Å². The molecule has 0 saturated carbocycles. The van der Waals surface area contributed by atoms with E-state index in [4.69, 9.17) is 16.1 Å². The van der Waals surface area contributed by atoms with Gasteiger partial charge in [-0.15, -0.1) is 0 Å². The highest BCUT2D eigenvalue weighted by Gasteiger charge is 2.28. The fourth-order valence-corrected chi connectivity index (χ4v) is 2.46. The van der Waals surface area contributed by atoms with Gasteiger partial charge in [-0.25, -0.2) is 4.39 Å². The third kappa shape index (κ3) is 2.82. The van der Waals surface area contributed by atoms with Crippen molar-refractivity contribution >= 4 is 11.6 Å². The lowest BCUT2D eigenvalue weighted by Gasteiger charge is -2.02. The molecular weight excluding hydrogens is 285 g/mol. The van der Waals surface area contributed by atoms with E-state index in [2.05, 4.69) is 15.5 Å². The largest absolute Gasteiger partial charge is 0.392 e. The van der Waals surface area contributed by atoms with E-state index in [1.54, 1.807) is 6.07 Å². The molecule has 1 aromatic heterocycles. The summed E-state index contributed by atoms with van der Waals surface area (Å²) in [7, 11) is 0. The topological polar surface area (TPSA) is 71.2 Å². The second kappa shape index (κ2) is 5.47. The van der Waals surface area contributed by atoms with Gasteiger partial charge in [0.25, 0.3) is 0 Å². The molecule has 5 nitrogen and oxygen atoms in total. The number of nitrogens with one attached hydrogen (secondary N) is 1. The van der Waals surface area contributed by atoms with Crippen molar-refractivity contribution in [3.63, 3.8) is 0 Å². The smallest absolute Gasteiger partial charge is 0.243 e. The molecule has 1 fully saturated rings. The lowest BCUT2D eigenvalue weighted by Crippen LogP contribution is -2.15. The van der Waals surface area contributed by atoms with Crippen LogP contribution in [0, 0.1) is 5.82 Å². The molecule has 2 N–H and O–H groups in total. The first-order chi connectivity index (χ1) is 9.61. The summed E-state index contributed by atoms with van der Waals surface area (Å²) in [6, 6.07) is 4.09. The zero-order valence-electron chi connectivity index (χ0n) is 10.5. The molecule has 1 aliphatic rings. The molecule has 0 aliphatic carbocycles. The van der Waals surface area contributed by atoms with E-state index in [-0.39, 0.29) is 18.0 Å². The van der Waals surface area contributed by atoms with Crippen LogP contribution in [-0.4, -0.2) is 27.9 Å². The third-order valence-electron chi connectivity index (χ3n) is 3.25. The van der Waals surface area contributed by atoms with Gasteiger partial charge in [0, 0.05) is 18.0 Å². The molecule has 0 unspecified atom stereocenters. The van der Waals surface area contributed by atoms with Crippen LogP contribution in [0.5, 0.6) is 0 Å². The van der Waals surface area contributed by atoms with Crippen molar-refractivity contribution in [3.05, 3.63) is 46.3 Å². The Morgan fingerprint density at radius 1 is 1.50 bits per heavy atom. The van der Waals surface area contributed by atoms with Crippen LogP contribution in [0.3, 0.4) is 0 Å². The van der Waals surface area contributed by atoms with E-state index in [0.717, 1.165) is 5.56 Å². The Bertz CT molecular complexity index is 619. The lowest BCUT2D eigenvalue weighted by molar-refractivity contribution is 0.191. The molecule has 1 saturated heterocycles. The molecule has 20 heavy (non-hydrogen) atoms. The molecule has 0 amide bonds. The summed E-state index contributed by atoms with van der Waals surface area (Å²) in [5.74, 6) is 0.558. The van der Waals surface area contributed by atoms with E-state index in [1.165, 1.54) is 12.1 Å². The SMILES string of the molecule is O[C@H]1CN[C@@H](c2nc(Cc3ccc(F)cc3Cl)no2)C1. The summed E-state index contributed by atoms with van der Waals surface area (Å²) in [6.45, 7) is 0.520. The van der Waals surface area contributed by atoms with Gasteiger partial charge in [0.05, 0.1) is 12.1 Å². The second-order valence-corrected chi connectivity index (χ2v) is 5.22. The minimum atomic E-state index is -0.387. The van der Waals surface area contributed by atoms with Crippen molar-refractivity contribution in [2.75, 3.05) is 6.54 Å². The number of aromatic nitrogens is 2. The number of aliphatic hydroxyl groups is 1. The number of hydrogen-bond donors (Lipinski definition) is 2. The Labute approximate surface area is 119 Å². The summed E-state index contributed by atoms with van der Waals surface area (Å²) in [4.78, 5) is 4.28. The van der Waals surface area contributed by atoms with Crippen LogP contribution in [0.1, 0.15) is 29.7 Å². The summed E-state index contributed by atoms with van der Waals surface area (Å²) in [5.41, 5.74) is 0.736. The summed E-state index contributed by atoms with van der Waals surface area (Å²) in [5, 5.41) is 16.8. The molecule has 2 atom stereocenters. The number of β-amino-alcohol motifs (C(OH)–C–C–N with tert-alkyl or cyclic N) is 1. The predicted octanol–water partition coefficient (Wildman–Crippen LogP) is 1.85. The van der Waals surface area contributed by atoms with Crippen molar-refractivity contribution < 1.29 is 14.0 Å². The number of nitrogens with zero attached hydrogens (tertiary/aromatic N) is 2. The zero-order valence-corrected chi connectivity index (χ0v) is 11.3. The monoisotopic (exact) mass is 297 g/mol. The highest BCUT2D eigenvalue weighted by Crippen LogP contribution is 2.23. The zero-order chi connectivity index (χ0) is 14.1. The van der Waals surface area contributed by atoms with Crippen molar-refractivity contribution in [2.45, 2.75) is 25.0 Å². The van der Waals surface area contributed by atoms with Crippen LogP contribution >= 0.6 is 11.6 Å². The van der Waals surface area contributed by atoms with Crippen LogP contribution in [0.4, 0.5) is 4.39 Å². The minimum absolute atomic E-state index is 0.116. The van der Waals surface area contributed by atoms with E-state index in [1.807, 2.05) is 0 Å². The molecule has 0 spiro atoms. The van der Waals surface area contributed by atoms with E-state index in [9.17, 15) is 9.50 Å². The second-order valence-electron chi connectivity index (χ2n) is 4.81. The van der Waals surface area contributed by atoms with E-state index < -0.39 is 0 Å². The molecule has 7 heteroatoms. The molecule has 0 radical (unpaired) electrons. The van der Waals surface area contributed by atoms with Gasteiger partial charge in [-0.3, -0.25) is 0 Å². The van der Waals surface area contributed by atoms with E-state index >= 15 is 0 Å². The maximum absolute atomic E-state index is 13.0. The fourth-order valence-electron chi connectivity index (χ4n) is 2.22. The maximum atomic E-state index is 13.0. The molecule has 3 rings (SSSR count). The summed E-state index contributed by atoms with van der Waals surface area (Å²) in [6.07, 6.45) is 0.540. The molecular formula is C13H13ClFN3O2. The van der Waals surface area contributed by atoms with Crippen LogP contribution in [-0.2, 0) is 6.42 Å². The Hall–Kier alpha value is -1.50. The molecule has 1 aromatic carbocycles. The molecule has 106 valence electrons. The lowest BCUT2D eigenvalue weighted by atomic mass is 10.1. The summed E-state index contributed by atoms with van der Waals surface area (Å²) >= 11 is 5.96. The van der Waals surface area contributed by atoms with Gasteiger partial charge in [-0.1, -0.05) is 22.8 Å². The quantitative estimate of drug-likeness (QED) is 0.904. The van der Waals surface area contributed by atoms with Crippen LogP contribution in [0.15, 0.2) is 22.7 Å². The maximum Gasteiger partial charge on any atom is 0.243 e. The predicted molar refractivity (Wildman–Crippen MR) is 69.9 cm³/mol. The molecule has 0 bridgehead atoms. The van der Waals surface area contributed by atoms with Gasteiger partial charge in [0.1, 0.15) is 5.82 Å². The average Bonchev–Trinajstić information content (AvgIpc) is 3.02. The van der Waals surface area contributed by atoms with Crippen LogP contribution < -0.4 is 5.32 Å². The standard InChI is InChI=1S/C13H13ClFN3O2/c14-10-4-8(15)2-1-7(10)3-12-17-13(20-18-12)11-5-9(19)6-16-11/h1-2,4,9,11,16,19H,3,5-6H2/t9-,11-/m1/s1. The number of rotatable bonds is 3. The Kier molecular flexibility index (Phi) is 3.69. The van der Waals surface area contributed by atoms with Gasteiger partial charge in [0.2, 0.25) is 5.89 Å². The van der Waals surface area contributed by atoms with Crippen molar-refractivity contribution in [2.24, 2.45) is 0 Å². The first kappa shape index (κ1) is 13.5. The number of halogens is 2. The minimum Gasteiger partial charge on any atom is -0.392 e. The van der Waals surface area contributed by atoms with Crippen LogP contribution in [0.25, 0.3) is 0 Å². The van der Waals surface area contributed by atoms with Gasteiger partial charge < -0.3 is 14.9 Å². The molecule has 1 aliphatic heterocycles. The molecule has 2 heterocycles. The Balaban J connectivity index is 1.74. The van der Waals surface area contributed by atoms with Gasteiger partial charge >= 0.3 is 0 Å². The molecule has 2 aromatic rings. The van der Waals surface area contributed by atoms with E-state index in [0.29, 0.717) is 36.1 Å². The van der Waals surface area contributed by atoms with Gasteiger partial charge in [-0.05, 0) is 24.1 Å². The average molecular weight is 298 g/mol. The van der Waals surface area contributed by atoms with Crippen LogP contribution in [0.2, 0.25) is 5.02 Å². The van der Waals surface area contributed by atoms with Crippen molar-refractivity contribution in [3.8, 4) is 0 Å². The number of aliphatic hydroxyl groups excluding tert-OH is 1. The number of benzene rings is 1. The van der Waals surface area contributed by atoms with Crippen molar-refractivity contribution in [1.29, 1.82) is 0 Å². The highest BCUT2D eigenvalue weighted by atomic mass is 35.5. The fraction of sp³-hybridized carbons (Fsp3) is 0.385. The Morgan fingerprint density at radius 2 is 2.35 bits per heavy atom. The Morgan fingerprint density at radius 3 is 3.05 bits per heavy atom. The first-order valence-corrected chi connectivity index (χ1v) is 6.67. The number of hydrogen-bond acceptors (Lipinski definition) is 5. The third-order valence-corrected chi connectivity index (χ3v) is 3.61. The van der Waals surface area contributed by atoms with Crippen molar-refractivity contribution in [1.82, 2.24) is 15.5 Å².